The summed E-state index contributed by atoms with van der Waals surface area (Å²) in [7, 11) is 0. The number of carbonyl (C=O) groups excluding carboxylic acids is 2. The zero-order valence-corrected chi connectivity index (χ0v) is 14.8. The summed E-state index contributed by atoms with van der Waals surface area (Å²) in [5.41, 5.74) is 2.72. The molecule has 3 amide bonds. The van der Waals surface area contributed by atoms with Crippen LogP contribution in [0.1, 0.15) is 23.1 Å². The Hall–Kier alpha value is -2.82. The first-order valence-electron chi connectivity index (χ1n) is 8.98. The number of benzene rings is 2. The molecule has 0 aromatic heterocycles. The minimum absolute atomic E-state index is 0.134. The van der Waals surface area contributed by atoms with Crippen molar-refractivity contribution >= 4 is 11.9 Å². The first kappa shape index (κ1) is 16.6. The van der Waals surface area contributed by atoms with Gasteiger partial charge in [-0.2, -0.15) is 0 Å². The molecule has 2 aromatic rings. The SMILES string of the molecule is Cc1cccc(OCCN2C(=O)NC3(CCc4ccccc4C3)C2=O)c1. The predicted octanol–water partition coefficient (Wildman–Crippen LogP) is 2.85. The van der Waals surface area contributed by atoms with Crippen molar-refractivity contribution in [3.63, 3.8) is 0 Å². The number of aryl methyl sites for hydroxylation is 2. The molecular weight excluding hydrogens is 328 g/mol. The standard InChI is InChI=1S/C21H22N2O3/c1-15-5-4-8-18(13-15)26-12-11-23-19(24)21(22-20(23)25)10-9-16-6-2-3-7-17(16)14-21/h2-8,13H,9-12,14H2,1H3,(H,22,25). The van der Waals surface area contributed by atoms with Crippen molar-refractivity contribution < 1.29 is 14.3 Å². The molecule has 0 radical (unpaired) electrons. The number of hydrogen-bond acceptors (Lipinski definition) is 3. The lowest BCUT2D eigenvalue weighted by atomic mass is 9.78. The highest BCUT2D eigenvalue weighted by molar-refractivity contribution is 6.07. The molecular formula is C21H22N2O3. The van der Waals surface area contributed by atoms with Crippen molar-refractivity contribution in [2.75, 3.05) is 13.2 Å². The van der Waals surface area contributed by atoms with Crippen LogP contribution in [0.2, 0.25) is 0 Å². The molecule has 1 fully saturated rings. The molecule has 5 heteroatoms. The van der Waals surface area contributed by atoms with Crippen molar-refractivity contribution in [3.8, 4) is 5.75 Å². The highest BCUT2D eigenvalue weighted by Gasteiger charge is 2.52. The molecule has 134 valence electrons. The number of fused-ring (bicyclic) bond motifs is 1. The van der Waals surface area contributed by atoms with Crippen LogP contribution in [0.5, 0.6) is 5.75 Å². The van der Waals surface area contributed by atoms with Gasteiger partial charge in [-0.15, -0.1) is 0 Å². The van der Waals surface area contributed by atoms with E-state index in [0.717, 1.165) is 23.3 Å². The van der Waals surface area contributed by atoms with Gasteiger partial charge in [-0.3, -0.25) is 9.69 Å². The summed E-state index contributed by atoms with van der Waals surface area (Å²) in [5, 5.41) is 2.95. The summed E-state index contributed by atoms with van der Waals surface area (Å²) in [5.74, 6) is 0.614. The smallest absolute Gasteiger partial charge is 0.325 e. The number of amides is 3. The number of rotatable bonds is 4. The molecule has 1 aliphatic heterocycles. The Kier molecular flexibility index (Phi) is 4.15. The Morgan fingerprint density at radius 1 is 1.12 bits per heavy atom. The molecule has 1 spiro atoms. The molecule has 0 bridgehead atoms. The van der Waals surface area contributed by atoms with E-state index in [-0.39, 0.29) is 25.1 Å². The van der Waals surface area contributed by atoms with Gasteiger partial charge in [-0.25, -0.2) is 4.79 Å². The lowest BCUT2D eigenvalue weighted by molar-refractivity contribution is -0.132. The predicted molar refractivity (Wildman–Crippen MR) is 98.1 cm³/mol. The van der Waals surface area contributed by atoms with E-state index in [4.69, 9.17) is 4.74 Å². The molecule has 1 aliphatic carbocycles. The summed E-state index contributed by atoms with van der Waals surface area (Å²) < 4.78 is 5.70. The Morgan fingerprint density at radius 3 is 2.73 bits per heavy atom. The van der Waals surface area contributed by atoms with Crippen molar-refractivity contribution in [1.82, 2.24) is 10.2 Å². The van der Waals surface area contributed by atoms with Crippen LogP contribution in [0.25, 0.3) is 0 Å². The monoisotopic (exact) mass is 350 g/mol. The van der Waals surface area contributed by atoms with Crippen LogP contribution >= 0.6 is 0 Å². The summed E-state index contributed by atoms with van der Waals surface area (Å²) in [6.07, 6.45) is 2.00. The van der Waals surface area contributed by atoms with Crippen molar-refractivity contribution in [2.45, 2.75) is 31.7 Å². The van der Waals surface area contributed by atoms with Gasteiger partial charge < -0.3 is 10.1 Å². The topological polar surface area (TPSA) is 58.6 Å². The van der Waals surface area contributed by atoms with Gasteiger partial charge >= 0.3 is 6.03 Å². The first-order valence-corrected chi connectivity index (χ1v) is 8.98. The van der Waals surface area contributed by atoms with Crippen LogP contribution in [-0.4, -0.2) is 35.5 Å². The minimum Gasteiger partial charge on any atom is -0.492 e. The fraction of sp³-hybridized carbons (Fsp3) is 0.333. The van der Waals surface area contributed by atoms with E-state index < -0.39 is 5.54 Å². The van der Waals surface area contributed by atoms with E-state index >= 15 is 0 Å². The molecule has 2 aliphatic rings. The van der Waals surface area contributed by atoms with Crippen molar-refractivity contribution in [1.29, 1.82) is 0 Å². The number of nitrogens with zero attached hydrogens (tertiary/aromatic N) is 1. The number of carbonyl (C=O) groups is 2. The van der Waals surface area contributed by atoms with Crippen LogP contribution in [0.15, 0.2) is 48.5 Å². The van der Waals surface area contributed by atoms with Gasteiger partial charge in [-0.1, -0.05) is 36.4 Å². The maximum Gasteiger partial charge on any atom is 0.325 e. The molecule has 5 nitrogen and oxygen atoms in total. The van der Waals surface area contributed by atoms with Crippen LogP contribution in [0.4, 0.5) is 4.79 Å². The third kappa shape index (κ3) is 2.94. The van der Waals surface area contributed by atoms with E-state index in [1.807, 2.05) is 49.4 Å². The molecule has 1 atom stereocenters. The van der Waals surface area contributed by atoms with Gasteiger partial charge in [0.05, 0.1) is 6.54 Å². The highest BCUT2D eigenvalue weighted by atomic mass is 16.5. The molecule has 1 saturated heterocycles. The fourth-order valence-electron chi connectivity index (χ4n) is 3.86. The number of hydrogen-bond donors (Lipinski definition) is 1. The van der Waals surface area contributed by atoms with E-state index in [1.165, 1.54) is 10.5 Å². The molecule has 1 unspecified atom stereocenters. The minimum atomic E-state index is -0.797. The molecule has 1 N–H and O–H groups in total. The normalized spacial score (nSPS) is 21.7. The van der Waals surface area contributed by atoms with Crippen molar-refractivity contribution in [2.24, 2.45) is 0 Å². The quantitative estimate of drug-likeness (QED) is 0.863. The average Bonchev–Trinajstić information content (AvgIpc) is 2.85. The van der Waals surface area contributed by atoms with Crippen LogP contribution in [0, 0.1) is 6.92 Å². The fourth-order valence-corrected chi connectivity index (χ4v) is 3.86. The van der Waals surface area contributed by atoms with E-state index in [0.29, 0.717) is 12.8 Å². The number of imide groups is 1. The molecule has 1 heterocycles. The molecule has 4 rings (SSSR count). The summed E-state index contributed by atoms with van der Waals surface area (Å²) in [6, 6.07) is 15.5. The molecule has 0 saturated carbocycles. The first-order chi connectivity index (χ1) is 12.6. The number of urea groups is 1. The van der Waals surface area contributed by atoms with Gasteiger partial charge in [-0.05, 0) is 48.6 Å². The summed E-state index contributed by atoms with van der Waals surface area (Å²) in [4.78, 5) is 26.7. The lowest BCUT2D eigenvalue weighted by Crippen LogP contribution is -2.51. The maximum atomic E-state index is 13.0. The Labute approximate surface area is 153 Å². The zero-order valence-electron chi connectivity index (χ0n) is 14.8. The largest absolute Gasteiger partial charge is 0.492 e. The number of nitrogens with one attached hydrogen (secondary N) is 1. The van der Waals surface area contributed by atoms with E-state index in [1.54, 1.807) is 0 Å². The second-order valence-electron chi connectivity index (χ2n) is 7.08. The highest BCUT2D eigenvalue weighted by Crippen LogP contribution is 2.33. The van der Waals surface area contributed by atoms with Crippen molar-refractivity contribution in [3.05, 3.63) is 65.2 Å². The second-order valence-corrected chi connectivity index (χ2v) is 7.08. The van der Waals surface area contributed by atoms with Gasteiger partial charge in [0.25, 0.3) is 5.91 Å². The van der Waals surface area contributed by atoms with Gasteiger partial charge in [0, 0.05) is 6.42 Å². The third-order valence-corrected chi connectivity index (χ3v) is 5.25. The zero-order chi connectivity index (χ0) is 18.1. The Bertz CT molecular complexity index is 864. The van der Waals surface area contributed by atoms with Gasteiger partial charge in [0.15, 0.2) is 0 Å². The lowest BCUT2D eigenvalue weighted by Gasteiger charge is -2.32. The van der Waals surface area contributed by atoms with Crippen LogP contribution < -0.4 is 10.1 Å². The van der Waals surface area contributed by atoms with E-state index in [2.05, 4.69) is 11.4 Å². The van der Waals surface area contributed by atoms with Gasteiger partial charge in [0.2, 0.25) is 0 Å². The van der Waals surface area contributed by atoms with Gasteiger partial charge in [0.1, 0.15) is 17.9 Å². The number of ether oxygens (including phenoxy) is 1. The third-order valence-electron chi connectivity index (χ3n) is 5.25. The Balaban J connectivity index is 1.43. The average molecular weight is 350 g/mol. The summed E-state index contributed by atoms with van der Waals surface area (Å²) >= 11 is 0. The Morgan fingerprint density at radius 2 is 1.92 bits per heavy atom. The molecule has 2 aromatic carbocycles. The van der Waals surface area contributed by atoms with Crippen LogP contribution in [0.3, 0.4) is 0 Å². The second kappa shape index (κ2) is 6.48. The molecule has 26 heavy (non-hydrogen) atoms. The van der Waals surface area contributed by atoms with E-state index in [9.17, 15) is 9.59 Å². The maximum absolute atomic E-state index is 13.0. The van der Waals surface area contributed by atoms with Crippen LogP contribution in [-0.2, 0) is 17.6 Å². The summed E-state index contributed by atoms with van der Waals surface area (Å²) in [6.45, 7) is 2.53.